The maximum atomic E-state index is 5.61. The van der Waals surface area contributed by atoms with Crippen LogP contribution in [0, 0.1) is 0 Å². The first-order chi connectivity index (χ1) is 9.86. The van der Waals surface area contributed by atoms with Crippen LogP contribution in [0.4, 0.5) is 0 Å². The first kappa shape index (κ1) is 12.7. The number of aromatic nitrogens is 3. The molecule has 2 aromatic heterocycles. The van der Waals surface area contributed by atoms with Crippen molar-refractivity contribution < 1.29 is 0 Å². The number of benzene rings is 1. The molecule has 1 atom stereocenters. The van der Waals surface area contributed by atoms with E-state index in [1.54, 1.807) is 18.5 Å². The van der Waals surface area contributed by atoms with Crippen molar-refractivity contribution in [3.8, 4) is 0 Å². The van der Waals surface area contributed by atoms with Gasteiger partial charge in [0.15, 0.2) is 0 Å². The van der Waals surface area contributed by atoms with Gasteiger partial charge in [-0.3, -0.25) is 10.8 Å². The topological polar surface area (TPSA) is 76.7 Å². The van der Waals surface area contributed by atoms with Crippen LogP contribution in [-0.2, 0) is 6.42 Å². The van der Waals surface area contributed by atoms with Crippen LogP contribution in [0.3, 0.4) is 0 Å². The van der Waals surface area contributed by atoms with Gasteiger partial charge in [-0.15, -0.1) is 0 Å². The molecule has 20 heavy (non-hydrogen) atoms. The summed E-state index contributed by atoms with van der Waals surface area (Å²) in [7, 11) is 0. The van der Waals surface area contributed by atoms with Crippen molar-refractivity contribution in [2.75, 3.05) is 0 Å². The summed E-state index contributed by atoms with van der Waals surface area (Å²) < 4.78 is 0. The van der Waals surface area contributed by atoms with E-state index in [0.717, 1.165) is 16.6 Å². The summed E-state index contributed by atoms with van der Waals surface area (Å²) in [6.07, 6.45) is 4.06. The standard InChI is InChI=1S/C15H15N5/c16-20-14(15-17-8-3-9-18-15)10-12-7-6-11-4-1-2-5-13(11)19-12/h1-9,14,20H,10,16H2. The molecular weight excluding hydrogens is 250 g/mol. The second-order valence-electron chi connectivity index (χ2n) is 4.53. The molecule has 0 bridgehead atoms. The molecule has 0 aliphatic carbocycles. The van der Waals surface area contributed by atoms with E-state index in [9.17, 15) is 0 Å². The van der Waals surface area contributed by atoms with Gasteiger partial charge in [0.1, 0.15) is 5.82 Å². The number of para-hydroxylation sites is 1. The first-order valence-corrected chi connectivity index (χ1v) is 6.44. The Morgan fingerprint density at radius 3 is 2.60 bits per heavy atom. The largest absolute Gasteiger partial charge is 0.271 e. The third-order valence-electron chi connectivity index (χ3n) is 3.17. The van der Waals surface area contributed by atoms with Gasteiger partial charge >= 0.3 is 0 Å². The van der Waals surface area contributed by atoms with Gasteiger partial charge in [0.05, 0.1) is 11.6 Å². The van der Waals surface area contributed by atoms with Crippen LogP contribution in [0.2, 0.25) is 0 Å². The molecule has 0 aliphatic heterocycles. The molecule has 1 unspecified atom stereocenters. The van der Waals surface area contributed by atoms with Crippen LogP contribution in [0.5, 0.6) is 0 Å². The lowest BCUT2D eigenvalue weighted by Crippen LogP contribution is -2.31. The second kappa shape index (κ2) is 5.73. The normalized spacial score (nSPS) is 12.4. The molecule has 0 spiro atoms. The molecule has 0 aliphatic rings. The zero-order valence-corrected chi connectivity index (χ0v) is 10.9. The molecule has 5 nitrogen and oxygen atoms in total. The maximum absolute atomic E-state index is 5.61. The van der Waals surface area contributed by atoms with Gasteiger partial charge in [0.25, 0.3) is 0 Å². The summed E-state index contributed by atoms with van der Waals surface area (Å²) >= 11 is 0. The van der Waals surface area contributed by atoms with Crippen LogP contribution in [0.25, 0.3) is 10.9 Å². The first-order valence-electron chi connectivity index (χ1n) is 6.44. The molecule has 5 heteroatoms. The van der Waals surface area contributed by atoms with Gasteiger partial charge < -0.3 is 0 Å². The highest BCUT2D eigenvalue weighted by Crippen LogP contribution is 2.16. The molecular formula is C15H15N5. The molecule has 0 saturated heterocycles. The van der Waals surface area contributed by atoms with E-state index >= 15 is 0 Å². The molecule has 0 saturated carbocycles. The number of nitrogens with one attached hydrogen (secondary N) is 1. The Morgan fingerprint density at radius 1 is 1.00 bits per heavy atom. The van der Waals surface area contributed by atoms with Crippen LogP contribution in [-0.4, -0.2) is 15.0 Å². The summed E-state index contributed by atoms with van der Waals surface area (Å²) in [6, 6.07) is 13.8. The summed E-state index contributed by atoms with van der Waals surface area (Å²) in [5.74, 6) is 6.28. The fourth-order valence-corrected chi connectivity index (χ4v) is 2.15. The quantitative estimate of drug-likeness (QED) is 0.555. The summed E-state index contributed by atoms with van der Waals surface area (Å²) in [4.78, 5) is 13.1. The molecule has 2 heterocycles. The predicted molar refractivity (Wildman–Crippen MR) is 77.5 cm³/mol. The van der Waals surface area contributed by atoms with Crippen molar-refractivity contribution >= 4 is 10.9 Å². The van der Waals surface area contributed by atoms with E-state index < -0.39 is 0 Å². The third-order valence-corrected chi connectivity index (χ3v) is 3.17. The number of nitrogens with two attached hydrogens (primary N) is 1. The van der Waals surface area contributed by atoms with E-state index in [-0.39, 0.29) is 6.04 Å². The van der Waals surface area contributed by atoms with Crippen molar-refractivity contribution in [3.05, 3.63) is 66.4 Å². The average molecular weight is 265 g/mol. The van der Waals surface area contributed by atoms with Gasteiger partial charge in [-0.25, -0.2) is 15.4 Å². The van der Waals surface area contributed by atoms with Gasteiger partial charge in [0, 0.05) is 29.9 Å². The summed E-state index contributed by atoms with van der Waals surface area (Å²) in [6.45, 7) is 0. The summed E-state index contributed by atoms with van der Waals surface area (Å²) in [5, 5.41) is 1.13. The number of hydrogen-bond donors (Lipinski definition) is 2. The Labute approximate surface area is 116 Å². The van der Waals surface area contributed by atoms with Crippen molar-refractivity contribution in [2.45, 2.75) is 12.5 Å². The fraction of sp³-hybridized carbons (Fsp3) is 0.133. The minimum Gasteiger partial charge on any atom is -0.271 e. The lowest BCUT2D eigenvalue weighted by atomic mass is 10.1. The number of pyridine rings is 1. The monoisotopic (exact) mass is 265 g/mol. The highest BCUT2D eigenvalue weighted by atomic mass is 15.2. The van der Waals surface area contributed by atoms with Gasteiger partial charge in [-0.05, 0) is 18.2 Å². The van der Waals surface area contributed by atoms with Gasteiger partial charge in [-0.1, -0.05) is 24.3 Å². The number of fused-ring (bicyclic) bond motifs is 1. The van der Waals surface area contributed by atoms with Crippen molar-refractivity contribution in [3.63, 3.8) is 0 Å². The minimum atomic E-state index is -0.148. The van der Waals surface area contributed by atoms with Crippen LogP contribution < -0.4 is 11.3 Å². The van der Waals surface area contributed by atoms with Crippen LogP contribution >= 0.6 is 0 Å². The molecule has 0 fully saturated rings. The Morgan fingerprint density at radius 2 is 1.80 bits per heavy atom. The number of rotatable bonds is 4. The molecule has 3 aromatic rings. The van der Waals surface area contributed by atoms with Crippen molar-refractivity contribution in [2.24, 2.45) is 5.84 Å². The van der Waals surface area contributed by atoms with Crippen molar-refractivity contribution in [1.82, 2.24) is 20.4 Å². The van der Waals surface area contributed by atoms with E-state index in [1.165, 1.54) is 0 Å². The van der Waals surface area contributed by atoms with Gasteiger partial charge in [-0.2, -0.15) is 0 Å². The molecule has 100 valence electrons. The minimum absolute atomic E-state index is 0.148. The Kier molecular flexibility index (Phi) is 3.62. The molecule has 3 rings (SSSR count). The Hall–Kier alpha value is -2.37. The molecule has 3 N–H and O–H groups in total. The average Bonchev–Trinajstić information content (AvgIpc) is 2.53. The fourth-order valence-electron chi connectivity index (χ4n) is 2.15. The molecule has 0 amide bonds. The van der Waals surface area contributed by atoms with Crippen molar-refractivity contribution in [1.29, 1.82) is 0 Å². The lowest BCUT2D eigenvalue weighted by molar-refractivity contribution is 0.518. The maximum Gasteiger partial charge on any atom is 0.146 e. The molecule has 0 radical (unpaired) electrons. The zero-order chi connectivity index (χ0) is 13.8. The van der Waals surface area contributed by atoms with Crippen LogP contribution in [0.15, 0.2) is 54.9 Å². The lowest BCUT2D eigenvalue weighted by Gasteiger charge is -2.13. The van der Waals surface area contributed by atoms with E-state index in [1.807, 2.05) is 30.3 Å². The Balaban J connectivity index is 1.87. The SMILES string of the molecule is NNC(Cc1ccc2ccccc2n1)c1ncccn1. The summed E-state index contributed by atoms with van der Waals surface area (Å²) in [5.41, 5.74) is 4.69. The predicted octanol–water partition coefficient (Wildman–Crippen LogP) is 1.77. The second-order valence-corrected chi connectivity index (χ2v) is 4.53. The smallest absolute Gasteiger partial charge is 0.146 e. The van der Waals surface area contributed by atoms with E-state index in [4.69, 9.17) is 5.84 Å². The number of nitrogens with zero attached hydrogens (tertiary/aromatic N) is 3. The number of hydrogen-bond acceptors (Lipinski definition) is 5. The zero-order valence-electron chi connectivity index (χ0n) is 10.9. The highest BCUT2D eigenvalue weighted by Gasteiger charge is 2.14. The van der Waals surface area contributed by atoms with E-state index in [0.29, 0.717) is 12.2 Å². The van der Waals surface area contributed by atoms with Gasteiger partial charge in [0.2, 0.25) is 0 Å². The van der Waals surface area contributed by atoms with E-state index in [2.05, 4.69) is 26.4 Å². The van der Waals surface area contributed by atoms with Crippen LogP contribution in [0.1, 0.15) is 17.6 Å². The Bertz CT molecular complexity index is 699. The third kappa shape index (κ3) is 2.64. The molecule has 1 aromatic carbocycles. The highest BCUT2D eigenvalue weighted by molar-refractivity contribution is 5.78. The number of hydrazine groups is 1.